The molecule has 1 aliphatic heterocycles. The van der Waals surface area contributed by atoms with Crippen molar-refractivity contribution in [2.45, 2.75) is 12.7 Å². The standard InChI is InChI=1S/C12H16O4/c1-13-10-5-2-3-6-11(10)16-9-12-14-7-4-8-15-12/h2-3,5-6,12H,4,7-9H2,1H3. The maximum absolute atomic E-state index is 5.59. The average Bonchev–Trinajstić information content (AvgIpc) is 2.38. The van der Waals surface area contributed by atoms with Crippen molar-refractivity contribution in [3.63, 3.8) is 0 Å². The Kier molecular flexibility index (Phi) is 4.02. The molecule has 0 unspecified atom stereocenters. The molecule has 0 amide bonds. The van der Waals surface area contributed by atoms with E-state index in [1.165, 1.54) is 0 Å². The van der Waals surface area contributed by atoms with Crippen molar-refractivity contribution in [3.8, 4) is 11.5 Å². The fraction of sp³-hybridized carbons (Fsp3) is 0.500. The third kappa shape index (κ3) is 2.87. The van der Waals surface area contributed by atoms with Crippen LogP contribution in [0.3, 0.4) is 0 Å². The predicted molar refractivity (Wildman–Crippen MR) is 58.8 cm³/mol. The van der Waals surface area contributed by atoms with Gasteiger partial charge in [-0.1, -0.05) is 12.1 Å². The van der Waals surface area contributed by atoms with Crippen LogP contribution in [-0.4, -0.2) is 33.2 Å². The molecule has 1 aromatic carbocycles. The SMILES string of the molecule is COc1ccccc1OCC1OCCCO1. The van der Waals surface area contributed by atoms with Crippen LogP contribution < -0.4 is 9.47 Å². The van der Waals surface area contributed by atoms with Crippen LogP contribution in [0.2, 0.25) is 0 Å². The van der Waals surface area contributed by atoms with E-state index in [-0.39, 0.29) is 6.29 Å². The van der Waals surface area contributed by atoms with Crippen molar-refractivity contribution in [3.05, 3.63) is 24.3 Å². The van der Waals surface area contributed by atoms with Crippen molar-refractivity contribution < 1.29 is 18.9 Å². The Morgan fingerprint density at radius 2 is 1.88 bits per heavy atom. The van der Waals surface area contributed by atoms with Gasteiger partial charge in [-0.25, -0.2) is 0 Å². The Hall–Kier alpha value is -1.26. The molecule has 16 heavy (non-hydrogen) atoms. The van der Waals surface area contributed by atoms with Gasteiger partial charge in [0.05, 0.1) is 20.3 Å². The summed E-state index contributed by atoms with van der Waals surface area (Å²) in [6.07, 6.45) is 0.684. The number of para-hydroxylation sites is 2. The molecule has 0 saturated carbocycles. The van der Waals surface area contributed by atoms with E-state index in [0.29, 0.717) is 12.4 Å². The molecule has 2 rings (SSSR count). The molecule has 0 spiro atoms. The minimum Gasteiger partial charge on any atom is -0.493 e. The molecule has 88 valence electrons. The zero-order valence-electron chi connectivity index (χ0n) is 9.35. The monoisotopic (exact) mass is 224 g/mol. The topological polar surface area (TPSA) is 36.9 Å². The lowest BCUT2D eigenvalue weighted by atomic mass is 10.3. The molecule has 4 heteroatoms. The predicted octanol–water partition coefficient (Wildman–Crippen LogP) is 1.84. The Morgan fingerprint density at radius 3 is 2.56 bits per heavy atom. The fourth-order valence-electron chi connectivity index (χ4n) is 1.53. The van der Waals surface area contributed by atoms with Gasteiger partial charge in [-0.3, -0.25) is 0 Å². The first-order chi connectivity index (χ1) is 7.90. The van der Waals surface area contributed by atoms with Gasteiger partial charge in [-0.2, -0.15) is 0 Å². The second-order valence-electron chi connectivity index (χ2n) is 3.49. The third-order valence-electron chi connectivity index (χ3n) is 2.34. The molecule has 1 aliphatic rings. The molecule has 0 radical (unpaired) electrons. The molecule has 1 saturated heterocycles. The van der Waals surface area contributed by atoms with E-state index >= 15 is 0 Å². The number of ether oxygens (including phenoxy) is 4. The van der Waals surface area contributed by atoms with E-state index in [1.807, 2.05) is 24.3 Å². The maximum atomic E-state index is 5.59. The van der Waals surface area contributed by atoms with E-state index < -0.39 is 0 Å². The van der Waals surface area contributed by atoms with Crippen LogP contribution >= 0.6 is 0 Å². The summed E-state index contributed by atoms with van der Waals surface area (Å²) < 4.78 is 21.5. The van der Waals surface area contributed by atoms with Gasteiger partial charge in [0.25, 0.3) is 0 Å². The Balaban J connectivity index is 1.88. The van der Waals surface area contributed by atoms with Gasteiger partial charge in [0.2, 0.25) is 0 Å². The van der Waals surface area contributed by atoms with Gasteiger partial charge in [0.15, 0.2) is 17.8 Å². The van der Waals surface area contributed by atoms with Crippen LogP contribution in [0.4, 0.5) is 0 Å². The lowest BCUT2D eigenvalue weighted by molar-refractivity contribution is -0.191. The van der Waals surface area contributed by atoms with Gasteiger partial charge >= 0.3 is 0 Å². The summed E-state index contributed by atoms with van der Waals surface area (Å²) in [4.78, 5) is 0. The van der Waals surface area contributed by atoms with E-state index in [2.05, 4.69) is 0 Å². The van der Waals surface area contributed by atoms with Gasteiger partial charge in [-0.15, -0.1) is 0 Å². The molecule has 4 nitrogen and oxygen atoms in total. The van der Waals surface area contributed by atoms with Crippen LogP contribution in [0.1, 0.15) is 6.42 Å². The van der Waals surface area contributed by atoms with Crippen LogP contribution in [-0.2, 0) is 9.47 Å². The summed E-state index contributed by atoms with van der Waals surface area (Å²) in [6, 6.07) is 7.53. The normalized spacial score (nSPS) is 17.1. The Labute approximate surface area is 95.1 Å². The zero-order valence-corrected chi connectivity index (χ0v) is 9.35. The number of hydrogen-bond donors (Lipinski definition) is 0. The van der Waals surface area contributed by atoms with E-state index in [1.54, 1.807) is 7.11 Å². The van der Waals surface area contributed by atoms with Crippen LogP contribution in [0.15, 0.2) is 24.3 Å². The Bertz CT molecular complexity index is 321. The molecule has 0 atom stereocenters. The first kappa shape index (κ1) is 11.2. The maximum Gasteiger partial charge on any atom is 0.191 e. The fourth-order valence-corrected chi connectivity index (χ4v) is 1.53. The molecule has 0 bridgehead atoms. The highest BCUT2D eigenvalue weighted by Gasteiger charge is 2.15. The van der Waals surface area contributed by atoms with Crippen molar-refractivity contribution in [1.29, 1.82) is 0 Å². The second-order valence-corrected chi connectivity index (χ2v) is 3.49. The first-order valence-electron chi connectivity index (χ1n) is 5.39. The molecular formula is C12H16O4. The zero-order chi connectivity index (χ0) is 11.2. The van der Waals surface area contributed by atoms with E-state index in [0.717, 1.165) is 25.4 Å². The van der Waals surface area contributed by atoms with Gasteiger partial charge < -0.3 is 18.9 Å². The molecule has 1 heterocycles. The minimum atomic E-state index is -0.265. The summed E-state index contributed by atoms with van der Waals surface area (Å²) in [5.74, 6) is 1.43. The quantitative estimate of drug-likeness (QED) is 0.782. The number of methoxy groups -OCH3 is 1. The molecular weight excluding hydrogens is 208 g/mol. The molecule has 1 aromatic rings. The minimum absolute atomic E-state index is 0.265. The van der Waals surface area contributed by atoms with E-state index in [9.17, 15) is 0 Å². The van der Waals surface area contributed by atoms with Crippen molar-refractivity contribution in [1.82, 2.24) is 0 Å². The smallest absolute Gasteiger partial charge is 0.191 e. The molecule has 0 N–H and O–H groups in total. The summed E-state index contributed by atoms with van der Waals surface area (Å²) in [5.41, 5.74) is 0. The summed E-state index contributed by atoms with van der Waals surface area (Å²) in [7, 11) is 1.62. The highest BCUT2D eigenvalue weighted by molar-refractivity contribution is 5.39. The largest absolute Gasteiger partial charge is 0.493 e. The van der Waals surface area contributed by atoms with Gasteiger partial charge in [0, 0.05) is 0 Å². The van der Waals surface area contributed by atoms with E-state index in [4.69, 9.17) is 18.9 Å². The number of rotatable bonds is 4. The summed E-state index contributed by atoms with van der Waals surface area (Å²) in [5, 5.41) is 0. The van der Waals surface area contributed by atoms with Gasteiger partial charge in [0.1, 0.15) is 6.61 Å². The molecule has 0 aliphatic carbocycles. The summed E-state index contributed by atoms with van der Waals surface area (Å²) >= 11 is 0. The molecule has 0 aromatic heterocycles. The average molecular weight is 224 g/mol. The number of benzene rings is 1. The van der Waals surface area contributed by atoms with Gasteiger partial charge in [-0.05, 0) is 18.6 Å². The molecule has 1 fully saturated rings. The first-order valence-corrected chi connectivity index (χ1v) is 5.39. The van der Waals surface area contributed by atoms with Crippen molar-refractivity contribution in [2.24, 2.45) is 0 Å². The summed E-state index contributed by atoms with van der Waals surface area (Å²) in [6.45, 7) is 1.86. The second kappa shape index (κ2) is 5.72. The van der Waals surface area contributed by atoms with Crippen LogP contribution in [0.25, 0.3) is 0 Å². The highest BCUT2D eigenvalue weighted by Crippen LogP contribution is 2.26. The van der Waals surface area contributed by atoms with Crippen molar-refractivity contribution >= 4 is 0 Å². The third-order valence-corrected chi connectivity index (χ3v) is 2.34. The van der Waals surface area contributed by atoms with Crippen LogP contribution in [0.5, 0.6) is 11.5 Å². The Morgan fingerprint density at radius 1 is 1.19 bits per heavy atom. The number of hydrogen-bond acceptors (Lipinski definition) is 4. The lowest BCUT2D eigenvalue weighted by Crippen LogP contribution is -2.30. The van der Waals surface area contributed by atoms with Crippen molar-refractivity contribution in [2.75, 3.05) is 26.9 Å². The van der Waals surface area contributed by atoms with Crippen LogP contribution in [0, 0.1) is 0 Å². The highest BCUT2D eigenvalue weighted by atomic mass is 16.7. The lowest BCUT2D eigenvalue weighted by Gasteiger charge is -2.23.